The summed E-state index contributed by atoms with van der Waals surface area (Å²) in [6.07, 6.45) is -0.330. The van der Waals surface area contributed by atoms with Crippen LogP contribution in [0.5, 0.6) is 5.75 Å². The van der Waals surface area contributed by atoms with E-state index >= 15 is 0 Å². The molecule has 0 heterocycles. The summed E-state index contributed by atoms with van der Waals surface area (Å²) in [5, 5.41) is 19.0. The van der Waals surface area contributed by atoms with Gasteiger partial charge in [0.15, 0.2) is 5.75 Å². The van der Waals surface area contributed by atoms with Crippen LogP contribution >= 0.6 is 0 Å². The lowest BCUT2D eigenvalue weighted by Gasteiger charge is -2.03. The summed E-state index contributed by atoms with van der Waals surface area (Å²) < 4.78 is 4.79. The molecular formula is C10H9NO6. The minimum Gasteiger partial charge on any atom is -0.490 e. The molecule has 7 heteroatoms. The number of nitro benzene ring substituents is 1. The first-order valence-corrected chi connectivity index (χ1v) is 4.53. The van der Waals surface area contributed by atoms with Crippen LogP contribution in [0.1, 0.15) is 5.56 Å². The molecule has 1 N–H and O–H groups in total. The van der Waals surface area contributed by atoms with E-state index in [1.807, 2.05) is 0 Å². The van der Waals surface area contributed by atoms with Gasteiger partial charge in [0.25, 0.3) is 0 Å². The molecule has 0 saturated heterocycles. The molecule has 0 amide bonds. The van der Waals surface area contributed by atoms with Crippen LogP contribution in [0.15, 0.2) is 18.2 Å². The first kappa shape index (κ1) is 12.6. The van der Waals surface area contributed by atoms with Gasteiger partial charge in [-0.3, -0.25) is 14.9 Å². The van der Waals surface area contributed by atoms with Crippen LogP contribution in [0.2, 0.25) is 0 Å². The molecule has 0 aromatic heterocycles. The first-order valence-electron chi connectivity index (χ1n) is 4.53. The molecule has 1 rings (SSSR count). The smallest absolute Gasteiger partial charge is 0.372 e. The van der Waals surface area contributed by atoms with E-state index in [1.165, 1.54) is 25.3 Å². The number of carbonyl (C=O) groups is 2. The summed E-state index contributed by atoms with van der Waals surface area (Å²) in [5.41, 5.74) is 0.110. The molecule has 0 bridgehead atoms. The van der Waals surface area contributed by atoms with Crippen LogP contribution < -0.4 is 4.74 Å². The summed E-state index contributed by atoms with van der Waals surface area (Å²) >= 11 is 0. The number of nitro groups is 1. The third-order valence-electron chi connectivity index (χ3n) is 2.04. The van der Waals surface area contributed by atoms with Crippen molar-refractivity contribution in [1.29, 1.82) is 0 Å². The van der Waals surface area contributed by atoms with Crippen molar-refractivity contribution >= 4 is 17.4 Å². The molecular weight excluding hydrogens is 230 g/mol. The third-order valence-corrected chi connectivity index (χ3v) is 2.04. The second-order valence-corrected chi connectivity index (χ2v) is 3.17. The van der Waals surface area contributed by atoms with E-state index in [9.17, 15) is 19.7 Å². The van der Waals surface area contributed by atoms with Crippen molar-refractivity contribution in [1.82, 2.24) is 0 Å². The number of ether oxygens (including phenoxy) is 1. The van der Waals surface area contributed by atoms with Gasteiger partial charge >= 0.3 is 11.7 Å². The molecule has 0 atom stereocenters. The molecule has 1 aromatic rings. The Hall–Kier alpha value is -2.44. The van der Waals surface area contributed by atoms with Crippen LogP contribution in [-0.4, -0.2) is 28.9 Å². The Labute approximate surface area is 95.8 Å². The van der Waals surface area contributed by atoms with E-state index in [0.29, 0.717) is 5.56 Å². The molecule has 90 valence electrons. The maximum Gasteiger partial charge on any atom is 0.372 e. The zero-order valence-corrected chi connectivity index (χ0v) is 8.87. The van der Waals surface area contributed by atoms with E-state index in [1.54, 1.807) is 0 Å². The molecule has 0 unspecified atom stereocenters. The highest BCUT2D eigenvalue weighted by atomic mass is 16.6. The summed E-state index contributed by atoms with van der Waals surface area (Å²) in [6.45, 7) is 0. The van der Waals surface area contributed by atoms with Crippen molar-refractivity contribution in [2.45, 2.75) is 6.42 Å². The van der Waals surface area contributed by atoms with Crippen LogP contribution in [-0.2, 0) is 16.0 Å². The predicted molar refractivity (Wildman–Crippen MR) is 56.0 cm³/mol. The van der Waals surface area contributed by atoms with Gasteiger partial charge < -0.3 is 9.84 Å². The third kappa shape index (κ3) is 3.00. The number of Topliss-reactive ketones (excluding diaryl/α,β-unsaturated/α-hetero) is 1. The second kappa shape index (κ2) is 5.06. The predicted octanol–water partition coefficient (Wildman–Crippen LogP) is 0.800. The fraction of sp³-hybridized carbons (Fsp3) is 0.200. The standard InChI is InChI=1S/C10H9NO6/c1-17-9-5-6(4-8(12)10(13)14)2-3-7(9)11(15)16/h2-3,5H,4H2,1H3,(H,13,14). The van der Waals surface area contributed by atoms with E-state index < -0.39 is 16.7 Å². The maximum atomic E-state index is 11.0. The molecule has 0 radical (unpaired) electrons. The lowest BCUT2D eigenvalue weighted by atomic mass is 10.1. The Morgan fingerprint density at radius 2 is 2.12 bits per heavy atom. The van der Waals surface area contributed by atoms with Crippen molar-refractivity contribution in [3.63, 3.8) is 0 Å². The van der Waals surface area contributed by atoms with Gasteiger partial charge in [0.1, 0.15) is 0 Å². The fourth-order valence-electron chi connectivity index (χ4n) is 1.24. The van der Waals surface area contributed by atoms with Gasteiger partial charge in [0.2, 0.25) is 5.78 Å². The first-order chi connectivity index (χ1) is 7.95. The maximum absolute atomic E-state index is 11.0. The van der Waals surface area contributed by atoms with Crippen LogP contribution in [0, 0.1) is 10.1 Å². The number of benzene rings is 1. The number of hydrogen-bond acceptors (Lipinski definition) is 5. The summed E-state index contributed by atoms with van der Waals surface area (Å²) in [6, 6.07) is 3.77. The summed E-state index contributed by atoms with van der Waals surface area (Å²) in [7, 11) is 1.26. The highest BCUT2D eigenvalue weighted by molar-refractivity contribution is 6.33. The molecule has 0 fully saturated rings. The van der Waals surface area contributed by atoms with Gasteiger partial charge in [-0.2, -0.15) is 0 Å². The topological polar surface area (TPSA) is 107 Å². The Morgan fingerprint density at radius 3 is 2.59 bits per heavy atom. The van der Waals surface area contributed by atoms with Gasteiger partial charge in [-0.05, 0) is 11.6 Å². The lowest BCUT2D eigenvalue weighted by molar-refractivity contribution is -0.385. The molecule has 17 heavy (non-hydrogen) atoms. The summed E-state index contributed by atoms with van der Waals surface area (Å²) in [5.74, 6) is -2.53. The van der Waals surface area contributed by atoms with Gasteiger partial charge in [-0.25, -0.2) is 4.79 Å². The Kier molecular flexibility index (Phi) is 3.76. The van der Waals surface area contributed by atoms with E-state index in [-0.39, 0.29) is 17.9 Å². The van der Waals surface area contributed by atoms with Crippen molar-refractivity contribution in [3.05, 3.63) is 33.9 Å². The van der Waals surface area contributed by atoms with Gasteiger partial charge in [-0.1, -0.05) is 6.07 Å². The molecule has 1 aromatic carbocycles. The highest BCUT2D eigenvalue weighted by Gasteiger charge is 2.17. The Balaban J connectivity index is 3.01. The van der Waals surface area contributed by atoms with Crippen molar-refractivity contribution in [3.8, 4) is 5.75 Å². The molecule has 0 aliphatic carbocycles. The zero-order chi connectivity index (χ0) is 13.0. The van der Waals surface area contributed by atoms with E-state index in [0.717, 1.165) is 0 Å². The molecule has 0 spiro atoms. The minimum atomic E-state index is -1.54. The average Bonchev–Trinajstić information content (AvgIpc) is 2.28. The van der Waals surface area contributed by atoms with Gasteiger partial charge in [0.05, 0.1) is 12.0 Å². The average molecular weight is 239 g/mol. The van der Waals surface area contributed by atoms with Gasteiger partial charge in [-0.15, -0.1) is 0 Å². The normalized spacial score (nSPS) is 9.71. The number of carbonyl (C=O) groups excluding carboxylic acids is 1. The van der Waals surface area contributed by atoms with Crippen LogP contribution in [0.25, 0.3) is 0 Å². The minimum absolute atomic E-state index is 0.00862. The number of carboxylic acids is 1. The Bertz CT molecular complexity index is 482. The highest BCUT2D eigenvalue weighted by Crippen LogP contribution is 2.27. The largest absolute Gasteiger partial charge is 0.490 e. The monoisotopic (exact) mass is 239 g/mol. The second-order valence-electron chi connectivity index (χ2n) is 3.17. The quantitative estimate of drug-likeness (QED) is 0.462. The number of aliphatic carboxylic acids is 1. The molecule has 0 aliphatic heterocycles. The number of carboxylic acid groups (broad SMARTS) is 1. The number of nitrogens with zero attached hydrogens (tertiary/aromatic N) is 1. The fourth-order valence-corrected chi connectivity index (χ4v) is 1.24. The lowest BCUT2D eigenvalue weighted by Crippen LogP contribution is -2.15. The number of ketones is 1. The van der Waals surface area contributed by atoms with Gasteiger partial charge in [0, 0.05) is 12.5 Å². The van der Waals surface area contributed by atoms with E-state index in [2.05, 4.69) is 0 Å². The van der Waals surface area contributed by atoms with Crippen molar-refractivity contribution < 1.29 is 24.4 Å². The number of methoxy groups -OCH3 is 1. The number of hydrogen-bond donors (Lipinski definition) is 1. The van der Waals surface area contributed by atoms with Crippen molar-refractivity contribution in [2.24, 2.45) is 0 Å². The molecule has 0 saturated carbocycles. The van der Waals surface area contributed by atoms with Crippen LogP contribution in [0.3, 0.4) is 0 Å². The molecule has 0 aliphatic rings. The van der Waals surface area contributed by atoms with E-state index in [4.69, 9.17) is 9.84 Å². The molecule has 7 nitrogen and oxygen atoms in total. The SMILES string of the molecule is COc1cc(CC(=O)C(=O)O)ccc1[N+](=O)[O-]. The van der Waals surface area contributed by atoms with Crippen molar-refractivity contribution in [2.75, 3.05) is 7.11 Å². The van der Waals surface area contributed by atoms with Crippen LogP contribution in [0.4, 0.5) is 5.69 Å². The zero-order valence-electron chi connectivity index (χ0n) is 8.87. The number of rotatable bonds is 5. The summed E-state index contributed by atoms with van der Waals surface area (Å²) in [4.78, 5) is 31.3. The Morgan fingerprint density at radius 1 is 1.47 bits per heavy atom.